The zero-order valence-corrected chi connectivity index (χ0v) is 15.3. The number of halogens is 4. The summed E-state index contributed by atoms with van der Waals surface area (Å²) in [6.45, 7) is -0.340. The van der Waals surface area contributed by atoms with E-state index in [0.29, 0.717) is 3.97 Å². The standard InChI is InChI=1S/C16H11ClF3N3O4S/c17-12-5-4-10(6-14(12)23(24)25)28(26,27)22-8-9(7-21)15-11(16(18,19)20)2-1-3-13(15)22/h1-6,8H,7,21H2. The minimum absolute atomic E-state index is 0.0324. The van der Waals surface area contributed by atoms with Gasteiger partial charge in [0.15, 0.2) is 0 Å². The smallest absolute Gasteiger partial charge is 0.326 e. The maximum absolute atomic E-state index is 13.4. The lowest BCUT2D eigenvalue weighted by atomic mass is 10.1. The van der Waals surface area contributed by atoms with E-state index in [2.05, 4.69) is 0 Å². The molecule has 0 saturated heterocycles. The molecule has 0 aliphatic heterocycles. The average molecular weight is 434 g/mol. The Morgan fingerprint density at radius 1 is 1.21 bits per heavy atom. The van der Waals surface area contributed by atoms with Gasteiger partial charge in [-0.15, -0.1) is 0 Å². The molecule has 0 aliphatic rings. The number of benzene rings is 2. The minimum atomic E-state index is -4.72. The Labute approximate surface area is 161 Å². The van der Waals surface area contributed by atoms with Gasteiger partial charge in [0.05, 0.1) is 20.9 Å². The summed E-state index contributed by atoms with van der Waals surface area (Å²) in [6.07, 6.45) is -3.74. The quantitative estimate of drug-likeness (QED) is 0.495. The second-order valence-electron chi connectivity index (χ2n) is 5.73. The van der Waals surface area contributed by atoms with Crippen molar-refractivity contribution >= 4 is 38.2 Å². The molecule has 0 fully saturated rings. The van der Waals surface area contributed by atoms with E-state index in [-0.39, 0.29) is 28.0 Å². The molecule has 0 spiro atoms. The number of nitro benzene ring substituents is 1. The summed E-state index contributed by atoms with van der Waals surface area (Å²) >= 11 is 5.70. The highest BCUT2D eigenvalue weighted by molar-refractivity contribution is 7.90. The van der Waals surface area contributed by atoms with Gasteiger partial charge in [0.2, 0.25) is 0 Å². The van der Waals surface area contributed by atoms with E-state index in [1.54, 1.807) is 0 Å². The van der Waals surface area contributed by atoms with Crippen LogP contribution in [0.4, 0.5) is 18.9 Å². The van der Waals surface area contributed by atoms with Gasteiger partial charge in [0.25, 0.3) is 15.7 Å². The normalized spacial score (nSPS) is 12.5. The third-order valence-electron chi connectivity index (χ3n) is 4.07. The van der Waals surface area contributed by atoms with E-state index >= 15 is 0 Å². The Hall–Kier alpha value is -2.63. The zero-order valence-electron chi connectivity index (χ0n) is 13.8. The van der Waals surface area contributed by atoms with Gasteiger partial charge in [0.1, 0.15) is 5.02 Å². The summed E-state index contributed by atoms with van der Waals surface area (Å²) in [4.78, 5) is 9.68. The van der Waals surface area contributed by atoms with Gasteiger partial charge in [0, 0.05) is 24.2 Å². The Balaban J connectivity index is 2.33. The van der Waals surface area contributed by atoms with Crippen molar-refractivity contribution in [2.24, 2.45) is 5.73 Å². The van der Waals surface area contributed by atoms with Crippen LogP contribution in [0.3, 0.4) is 0 Å². The topological polar surface area (TPSA) is 108 Å². The maximum atomic E-state index is 13.4. The number of aromatic nitrogens is 1. The van der Waals surface area contributed by atoms with E-state index in [1.807, 2.05) is 0 Å². The molecule has 0 radical (unpaired) electrons. The third kappa shape index (κ3) is 3.21. The summed E-state index contributed by atoms with van der Waals surface area (Å²) < 4.78 is 66.7. The number of nitrogens with zero attached hydrogens (tertiary/aromatic N) is 2. The first-order valence-electron chi connectivity index (χ1n) is 7.58. The van der Waals surface area contributed by atoms with Crippen molar-refractivity contribution in [2.45, 2.75) is 17.6 Å². The van der Waals surface area contributed by atoms with E-state index in [1.165, 1.54) is 6.07 Å². The molecular weight excluding hydrogens is 423 g/mol. The molecule has 28 heavy (non-hydrogen) atoms. The SMILES string of the molecule is NCc1cn(S(=O)(=O)c2ccc(Cl)c([N+](=O)[O-])c2)c2cccc(C(F)(F)F)c12. The first-order valence-corrected chi connectivity index (χ1v) is 9.40. The van der Waals surface area contributed by atoms with Crippen molar-refractivity contribution in [3.63, 3.8) is 0 Å². The van der Waals surface area contributed by atoms with Crippen molar-refractivity contribution in [2.75, 3.05) is 0 Å². The van der Waals surface area contributed by atoms with Gasteiger partial charge < -0.3 is 5.73 Å². The fraction of sp³-hybridized carbons (Fsp3) is 0.125. The minimum Gasteiger partial charge on any atom is -0.326 e. The van der Waals surface area contributed by atoms with Crippen LogP contribution < -0.4 is 5.73 Å². The van der Waals surface area contributed by atoms with Crippen LogP contribution in [-0.2, 0) is 22.7 Å². The van der Waals surface area contributed by atoms with Gasteiger partial charge in [-0.25, -0.2) is 12.4 Å². The molecule has 3 rings (SSSR count). The van der Waals surface area contributed by atoms with Gasteiger partial charge in [-0.3, -0.25) is 10.1 Å². The summed E-state index contributed by atoms with van der Waals surface area (Å²) in [5.74, 6) is 0. The van der Waals surface area contributed by atoms with Gasteiger partial charge in [-0.05, 0) is 29.8 Å². The van der Waals surface area contributed by atoms with Gasteiger partial charge in [-0.2, -0.15) is 13.2 Å². The lowest BCUT2D eigenvalue weighted by Gasteiger charge is -2.11. The number of fused-ring (bicyclic) bond motifs is 1. The van der Waals surface area contributed by atoms with E-state index < -0.39 is 37.3 Å². The first-order chi connectivity index (χ1) is 13.0. The number of nitro groups is 1. The highest BCUT2D eigenvalue weighted by atomic mass is 35.5. The second kappa shape index (κ2) is 6.76. The summed E-state index contributed by atoms with van der Waals surface area (Å²) in [7, 11) is -4.46. The molecule has 2 aromatic carbocycles. The van der Waals surface area contributed by atoms with E-state index in [4.69, 9.17) is 17.3 Å². The number of hydrogen-bond donors (Lipinski definition) is 1. The molecule has 148 valence electrons. The summed E-state index contributed by atoms with van der Waals surface area (Å²) in [6, 6.07) is 5.91. The number of alkyl halides is 3. The highest BCUT2D eigenvalue weighted by Crippen LogP contribution is 2.38. The van der Waals surface area contributed by atoms with Crippen molar-refractivity contribution in [3.05, 3.63) is 68.9 Å². The number of nitrogens with two attached hydrogens (primary N) is 1. The molecule has 12 heteroatoms. The molecule has 3 aromatic rings. The molecule has 1 heterocycles. The molecule has 0 amide bonds. The lowest BCUT2D eigenvalue weighted by Crippen LogP contribution is -2.12. The zero-order chi connectivity index (χ0) is 20.9. The van der Waals surface area contributed by atoms with Crippen LogP contribution in [0, 0.1) is 10.1 Å². The largest absolute Gasteiger partial charge is 0.417 e. The Morgan fingerprint density at radius 3 is 2.46 bits per heavy atom. The number of hydrogen-bond acceptors (Lipinski definition) is 5. The van der Waals surface area contributed by atoms with Crippen molar-refractivity contribution in [3.8, 4) is 0 Å². The molecule has 0 saturated carbocycles. The predicted octanol–water partition coefficient (Wildman–Crippen LogP) is 3.92. The summed E-state index contributed by atoms with van der Waals surface area (Å²) in [5.41, 5.74) is 3.58. The molecule has 0 unspecified atom stereocenters. The van der Waals surface area contributed by atoms with Crippen LogP contribution in [-0.4, -0.2) is 17.3 Å². The Morgan fingerprint density at radius 2 is 1.89 bits per heavy atom. The lowest BCUT2D eigenvalue weighted by molar-refractivity contribution is -0.384. The van der Waals surface area contributed by atoms with Crippen LogP contribution in [0.25, 0.3) is 10.9 Å². The van der Waals surface area contributed by atoms with Crippen LogP contribution in [0.1, 0.15) is 11.1 Å². The second-order valence-corrected chi connectivity index (χ2v) is 7.95. The van der Waals surface area contributed by atoms with E-state index in [0.717, 1.165) is 36.5 Å². The third-order valence-corrected chi connectivity index (χ3v) is 6.06. The fourth-order valence-corrected chi connectivity index (χ4v) is 4.42. The predicted molar refractivity (Wildman–Crippen MR) is 95.5 cm³/mol. The Bertz CT molecular complexity index is 1210. The van der Waals surface area contributed by atoms with Crippen LogP contribution >= 0.6 is 11.6 Å². The first kappa shape index (κ1) is 20.1. The van der Waals surface area contributed by atoms with Crippen molar-refractivity contribution in [1.29, 1.82) is 0 Å². The van der Waals surface area contributed by atoms with Crippen LogP contribution in [0.5, 0.6) is 0 Å². The van der Waals surface area contributed by atoms with E-state index in [9.17, 15) is 31.7 Å². The molecule has 0 atom stereocenters. The summed E-state index contributed by atoms with van der Waals surface area (Å²) in [5, 5.41) is 10.4. The van der Waals surface area contributed by atoms with Gasteiger partial charge >= 0.3 is 6.18 Å². The fourth-order valence-electron chi connectivity index (χ4n) is 2.83. The van der Waals surface area contributed by atoms with Crippen molar-refractivity contribution < 1.29 is 26.5 Å². The maximum Gasteiger partial charge on any atom is 0.417 e. The molecule has 1 aromatic heterocycles. The molecule has 7 nitrogen and oxygen atoms in total. The molecular formula is C16H11ClF3N3O4S. The Kier molecular flexibility index (Phi) is 4.86. The van der Waals surface area contributed by atoms with Crippen LogP contribution in [0.15, 0.2) is 47.5 Å². The van der Waals surface area contributed by atoms with Gasteiger partial charge in [-0.1, -0.05) is 17.7 Å². The van der Waals surface area contributed by atoms with Crippen molar-refractivity contribution in [1.82, 2.24) is 3.97 Å². The molecule has 2 N–H and O–H groups in total. The average Bonchev–Trinajstić information content (AvgIpc) is 3.00. The molecule has 0 aliphatic carbocycles. The van der Waals surface area contributed by atoms with Crippen LogP contribution in [0.2, 0.25) is 5.02 Å². The molecule has 0 bridgehead atoms. The number of rotatable bonds is 4. The highest BCUT2D eigenvalue weighted by Gasteiger charge is 2.35. The monoisotopic (exact) mass is 433 g/mol.